The molecule has 2 saturated heterocycles. The minimum Gasteiger partial charge on any atom is -0.384 e. The molecule has 0 aromatic carbocycles. The van der Waals surface area contributed by atoms with E-state index in [9.17, 15) is 71.9 Å². The predicted molar refractivity (Wildman–Crippen MR) is 488 cm³/mol. The maximum absolute atomic E-state index is 13.2. The van der Waals surface area contributed by atoms with Crippen LogP contribution in [0.3, 0.4) is 0 Å². The van der Waals surface area contributed by atoms with Gasteiger partial charge in [-0.2, -0.15) is 52.7 Å². The molecule has 16 aromatic heterocycles. The number of alkyl halides is 14. The zero-order chi connectivity index (χ0) is 97.7. The number of pyridine rings is 8. The Morgan fingerprint density at radius 1 is 0.380 bits per heavy atom. The van der Waals surface area contributed by atoms with Gasteiger partial charge in [-0.3, -0.25) is 24.1 Å². The standard InChI is InChI=1S/C24H24F3N9O.C19H13ClF3N7O.C19H14F3N7O.C17H12F3N7.C5H12N2.C2H2Cl2O/c1-34-10-12-35(13-11-34)15-21(37)31-20-14-16(7-8-28-20)29-23-18-5-3-9-36(18)33-22(32-23)17-4-2-6-19(30-17)24(25,26)27;20-10-16(31)27-15-9-11(6-7-24-15)25-18-13-4-2-8-30(13)29-17(28-18)12-3-1-5-14(26-12)19(21,22)23;1-11(30)24-16-10-12(7-8-23-16)25-18-14-5-3-9-29(14)28-17(27-18)13-4-2-6-15(26-13)19(20,21)22;18-17(19,20)13-5-1-3-11(24-13)15-25-16(12-4-2-8-27(12)26-15)23-10-6-7-22-14(21)9-10;1-7-4-2-6-3-5-7;3-1-2(4)5/h2-9,14H,10-13,15H2,1H3,(H2,28,29,31,32,33,37);1-9H,10H2,(H2,24,25,27,28,29,31);2-10H,1H3,(H2,23,24,25,27,28,30);1-9H,(H3,21,22,23,25,26);6H,2-5H2,1H3;1H2. The third-order valence-electron chi connectivity index (χ3n) is 19.1. The van der Waals surface area contributed by atoms with E-state index < -0.39 is 58.6 Å². The van der Waals surface area contributed by atoms with Gasteiger partial charge in [0.1, 0.15) is 96.8 Å². The highest BCUT2D eigenvalue weighted by molar-refractivity contribution is 6.67. The number of nitrogens with one attached hydrogen (secondary N) is 8. The predicted octanol–water partition coefficient (Wildman–Crippen LogP) is 15.2. The summed E-state index contributed by atoms with van der Waals surface area (Å²) in [7, 11) is 4.21. The lowest BCUT2D eigenvalue weighted by molar-refractivity contribution is -0.141. The average molecular weight is 1960 g/mol. The summed E-state index contributed by atoms with van der Waals surface area (Å²) in [4.78, 5) is 99.7. The molecule has 0 atom stereocenters. The summed E-state index contributed by atoms with van der Waals surface area (Å²) in [5, 5.41) is 40.2. The second-order valence-electron chi connectivity index (χ2n) is 29.4. The number of aromatic nitrogens is 20. The second-order valence-corrected chi connectivity index (χ2v) is 30.4. The maximum atomic E-state index is 13.2. The summed E-state index contributed by atoms with van der Waals surface area (Å²) < 4.78 is 163. The summed E-state index contributed by atoms with van der Waals surface area (Å²) >= 11 is 15.0. The van der Waals surface area contributed by atoms with Crippen LogP contribution >= 0.6 is 34.8 Å². The minimum atomic E-state index is -4.59. The van der Waals surface area contributed by atoms with Crippen molar-refractivity contribution in [2.24, 2.45) is 0 Å². The van der Waals surface area contributed by atoms with Crippen molar-refractivity contribution in [2.45, 2.75) is 31.6 Å². The molecule has 0 aliphatic carbocycles. The van der Waals surface area contributed by atoms with Crippen molar-refractivity contribution in [1.29, 1.82) is 0 Å². The number of likely N-dealkylation sites (N-methyl/N-ethyl adjacent to an activating group) is 2. The van der Waals surface area contributed by atoms with Crippen LogP contribution in [0.4, 0.5) is 122 Å². The first-order valence-corrected chi connectivity index (χ1v) is 42.1. The molecule has 0 radical (unpaired) electrons. The second kappa shape index (κ2) is 44.7. The molecule has 36 nitrogen and oxygen atoms in total. The van der Waals surface area contributed by atoms with Gasteiger partial charge in [-0.15, -0.1) is 43.6 Å². The number of hydrogen-bond acceptors (Lipinski definition) is 29. The summed E-state index contributed by atoms with van der Waals surface area (Å²) in [6.07, 6.45) is -5.65. The number of piperazine rings is 2. The van der Waals surface area contributed by atoms with Crippen LogP contribution in [0.25, 0.3) is 68.1 Å². The van der Waals surface area contributed by atoms with E-state index >= 15 is 0 Å². The van der Waals surface area contributed by atoms with Gasteiger partial charge in [-0.25, -0.2) is 77.9 Å². The van der Waals surface area contributed by atoms with E-state index in [2.05, 4.69) is 152 Å². The monoisotopic (exact) mass is 1950 g/mol. The van der Waals surface area contributed by atoms with E-state index in [0.717, 1.165) is 63.5 Å². The molecule has 51 heteroatoms. The molecule has 137 heavy (non-hydrogen) atoms. The average Bonchev–Trinajstić information content (AvgIpc) is 1.75. The highest BCUT2D eigenvalue weighted by atomic mass is 35.5. The van der Waals surface area contributed by atoms with Crippen molar-refractivity contribution in [3.05, 3.63) is 242 Å². The SMILES string of the molecule is CC(=O)Nc1cc(Nc2nc(-c3cccc(C(F)(F)F)n3)nn3cccc23)ccn1.CN1CCN(CC(=O)Nc2cc(Nc3nc(-c4cccc(C(F)(F)F)n4)nn4cccc34)ccn2)CC1.CN1CCNCC1.Nc1cc(Nc2nc(-c3cccc(C(F)(F)F)n3)nn3cccc23)ccn1.O=C(CCl)Nc1cc(Nc2nc(-c3cccc(C(F)(F)F)n3)nn3cccc23)ccn1.O=C(Cl)CCl. The summed E-state index contributed by atoms with van der Waals surface area (Å²) in [6, 6.07) is 41.4. The summed E-state index contributed by atoms with van der Waals surface area (Å²) in [6.45, 7) is 9.85. The Morgan fingerprint density at radius 2 is 0.679 bits per heavy atom. The number of nitrogen functional groups attached to an aromatic ring is 1. The molecule has 0 spiro atoms. The molecule has 0 unspecified atom stereocenters. The number of hydrogen-bond donors (Lipinski definition) is 9. The fourth-order valence-corrected chi connectivity index (χ4v) is 12.8. The number of carbonyl (C=O) groups is 4. The van der Waals surface area contributed by atoms with Crippen molar-refractivity contribution >= 4 is 149 Å². The van der Waals surface area contributed by atoms with Crippen LogP contribution in [0, 0.1) is 0 Å². The minimum absolute atomic E-state index is 0.00187. The summed E-state index contributed by atoms with van der Waals surface area (Å²) in [5.41, 5.74) is 6.27. The van der Waals surface area contributed by atoms with E-state index in [-0.39, 0.29) is 82.0 Å². The van der Waals surface area contributed by atoms with Crippen LogP contribution < -0.4 is 48.3 Å². The number of carbonyl (C=O) groups excluding carboxylic acids is 4. The van der Waals surface area contributed by atoms with Gasteiger partial charge in [-0.05, 0) is 147 Å². The van der Waals surface area contributed by atoms with E-state index in [1.807, 2.05) is 0 Å². The molecule has 18 rings (SSSR count). The van der Waals surface area contributed by atoms with Gasteiger partial charge >= 0.3 is 24.7 Å². The number of fused-ring (bicyclic) bond motifs is 4. The maximum Gasteiger partial charge on any atom is 0.433 e. The quantitative estimate of drug-likeness (QED) is 0.0206. The number of nitrogens with zero attached hydrogens (tertiary/aromatic N) is 23. The third-order valence-corrected chi connectivity index (χ3v) is 19.9. The van der Waals surface area contributed by atoms with Crippen molar-refractivity contribution in [3.8, 4) is 46.1 Å². The van der Waals surface area contributed by atoms with Gasteiger partial charge in [0, 0.05) is 156 Å². The van der Waals surface area contributed by atoms with Crippen LogP contribution in [0.5, 0.6) is 0 Å². The largest absolute Gasteiger partial charge is 0.433 e. The first kappa shape index (κ1) is 99.1. The van der Waals surface area contributed by atoms with E-state index in [1.165, 1.54) is 105 Å². The molecule has 710 valence electrons. The number of nitrogens with two attached hydrogens (primary N) is 1. The highest BCUT2D eigenvalue weighted by Crippen LogP contribution is 2.36. The Balaban J connectivity index is 0.000000149. The van der Waals surface area contributed by atoms with Crippen molar-refractivity contribution < 1.29 is 71.9 Å². The fraction of sp³-hybridized carbons (Fsp3) is 0.209. The van der Waals surface area contributed by atoms with Crippen LogP contribution in [-0.2, 0) is 43.9 Å². The van der Waals surface area contributed by atoms with E-state index in [4.69, 9.17) is 40.5 Å². The summed E-state index contributed by atoms with van der Waals surface area (Å²) in [5.74, 6) is 1.66. The van der Waals surface area contributed by atoms with Gasteiger partial charge in [-0.1, -0.05) is 24.3 Å². The van der Waals surface area contributed by atoms with Gasteiger partial charge in [0.2, 0.25) is 46.3 Å². The van der Waals surface area contributed by atoms with Crippen LogP contribution in [0.15, 0.2) is 219 Å². The van der Waals surface area contributed by atoms with Crippen LogP contribution in [-0.4, -0.2) is 221 Å². The lowest BCUT2D eigenvalue weighted by atomic mass is 10.3. The van der Waals surface area contributed by atoms with Crippen molar-refractivity contribution in [2.75, 3.05) is 128 Å². The molecule has 18 heterocycles. The Bertz CT molecular complexity index is 6910. The van der Waals surface area contributed by atoms with E-state index in [1.54, 1.807) is 128 Å². The van der Waals surface area contributed by atoms with Crippen molar-refractivity contribution in [3.63, 3.8) is 0 Å². The molecule has 2 aliphatic rings. The Morgan fingerprint density at radius 3 is 0.964 bits per heavy atom. The lowest BCUT2D eigenvalue weighted by Gasteiger charge is -2.31. The topological polar surface area (TPSA) is 424 Å². The normalized spacial score (nSPS) is 13.1. The lowest BCUT2D eigenvalue weighted by Crippen LogP contribution is -2.47. The van der Waals surface area contributed by atoms with Gasteiger partial charge in [0.15, 0.2) is 23.3 Å². The number of amides is 3. The zero-order valence-corrected chi connectivity index (χ0v) is 74.0. The highest BCUT2D eigenvalue weighted by Gasteiger charge is 2.37. The molecule has 0 bridgehead atoms. The Labute approximate surface area is 783 Å². The molecule has 16 aromatic rings. The van der Waals surface area contributed by atoms with Gasteiger partial charge in [0.05, 0.1) is 12.4 Å². The zero-order valence-electron chi connectivity index (χ0n) is 71.7. The molecule has 3 amide bonds. The fourth-order valence-electron chi connectivity index (χ4n) is 12.7. The first-order chi connectivity index (χ1) is 65.4. The van der Waals surface area contributed by atoms with Crippen LogP contribution in [0.2, 0.25) is 0 Å². The smallest absolute Gasteiger partial charge is 0.384 e. The van der Waals surface area contributed by atoms with Crippen LogP contribution in [0.1, 0.15) is 29.7 Å². The molecule has 2 aliphatic heterocycles. The van der Waals surface area contributed by atoms with E-state index in [0.29, 0.717) is 85.5 Å². The Kier molecular flexibility index (Phi) is 32.3. The molecule has 10 N–H and O–H groups in total. The molecular weight excluding hydrogens is 1880 g/mol. The number of rotatable bonds is 19. The first-order valence-electron chi connectivity index (χ1n) is 40.7. The molecular formula is C86H77Cl3F12N32O4. The Hall–Kier alpha value is -15.4. The van der Waals surface area contributed by atoms with Gasteiger partial charge < -0.3 is 58.1 Å². The number of halogens is 15. The molecule has 2 fully saturated rings. The van der Waals surface area contributed by atoms with Gasteiger partial charge in [0.25, 0.3) is 0 Å². The molecule has 0 saturated carbocycles. The van der Waals surface area contributed by atoms with Crippen molar-refractivity contribution in [1.82, 2.24) is 118 Å². The third kappa shape index (κ3) is 27.9. The number of anilines is 12.